The quantitative estimate of drug-likeness (QED) is 0.0261. The van der Waals surface area contributed by atoms with Gasteiger partial charge in [-0.25, -0.2) is 0 Å². The van der Waals surface area contributed by atoms with Crippen LogP contribution in [0, 0.1) is 0 Å². The number of ether oxygens (including phenoxy) is 3. The van der Waals surface area contributed by atoms with E-state index in [1.807, 2.05) is 0 Å². The molecule has 0 aromatic carbocycles. The Labute approximate surface area is 442 Å². The molecule has 0 rings (SSSR count). The van der Waals surface area contributed by atoms with Crippen LogP contribution < -0.4 is 0 Å². The lowest BCUT2D eigenvalue weighted by Gasteiger charge is -2.18. The molecule has 0 radical (unpaired) electrons. The van der Waals surface area contributed by atoms with E-state index in [0.29, 0.717) is 19.3 Å². The van der Waals surface area contributed by atoms with Gasteiger partial charge in [-0.2, -0.15) is 0 Å². The average Bonchev–Trinajstić information content (AvgIpc) is 3.37. The SMILES string of the molecule is CCCCCC/C=C\CCCCCCCC(=O)OCC(COC(=O)CCCCCCCCCCCCC/C=C\C/C=C\CCCCCCC)OC(=O)CCCCCCCCCCCCCCCCCCC. The highest BCUT2D eigenvalue weighted by atomic mass is 16.6. The zero-order chi connectivity index (χ0) is 51.4. The molecule has 0 aromatic heterocycles. The van der Waals surface area contributed by atoms with Crippen LogP contribution in [0.2, 0.25) is 0 Å². The Bertz CT molecular complexity index is 1190. The highest BCUT2D eigenvalue weighted by Crippen LogP contribution is 2.17. The largest absolute Gasteiger partial charge is 0.462 e. The third kappa shape index (κ3) is 58.4. The van der Waals surface area contributed by atoms with E-state index >= 15 is 0 Å². The summed E-state index contributed by atoms with van der Waals surface area (Å²) in [6, 6.07) is 0. The lowest BCUT2D eigenvalue weighted by Crippen LogP contribution is -2.30. The third-order valence-electron chi connectivity index (χ3n) is 14.1. The number of carbonyl (C=O) groups is 3. The minimum atomic E-state index is -0.773. The topological polar surface area (TPSA) is 78.9 Å². The molecular formula is C65H120O6. The molecule has 0 saturated carbocycles. The van der Waals surface area contributed by atoms with Gasteiger partial charge >= 0.3 is 17.9 Å². The highest BCUT2D eigenvalue weighted by molar-refractivity contribution is 5.71. The van der Waals surface area contributed by atoms with Crippen LogP contribution in [0.3, 0.4) is 0 Å². The number of hydrogen-bond donors (Lipinski definition) is 0. The Kier molecular flexibility index (Phi) is 58.2. The number of rotatable bonds is 58. The smallest absolute Gasteiger partial charge is 0.306 e. The second kappa shape index (κ2) is 60.2. The lowest BCUT2D eigenvalue weighted by atomic mass is 10.0. The second-order valence-corrected chi connectivity index (χ2v) is 21.3. The van der Waals surface area contributed by atoms with Crippen LogP contribution in [0.5, 0.6) is 0 Å². The van der Waals surface area contributed by atoms with Crippen molar-refractivity contribution in [2.75, 3.05) is 13.2 Å². The Balaban J connectivity index is 4.28. The molecule has 1 unspecified atom stereocenters. The summed E-state index contributed by atoms with van der Waals surface area (Å²) in [6.07, 6.45) is 72.9. The average molecular weight is 998 g/mol. The standard InChI is InChI=1S/C65H120O6/c1-4-7-10-13-16-19-22-25-27-29-30-31-32-33-34-36-37-40-43-46-49-52-55-58-64(67)70-61-62(60-69-63(66)57-54-51-48-45-42-39-24-21-18-15-12-9-6-3)71-65(68)59-56-53-50-47-44-41-38-35-28-26-23-20-17-14-11-8-5-2/h21-22,24-25,29-30,62H,4-20,23,26-28,31-61H2,1-3H3/b24-21-,25-22-,30-29-. The first-order chi connectivity index (χ1) is 35.0. The molecule has 0 aromatic rings. The third-order valence-corrected chi connectivity index (χ3v) is 14.1. The van der Waals surface area contributed by atoms with E-state index in [-0.39, 0.29) is 31.1 Å². The molecule has 416 valence electrons. The Morgan fingerprint density at radius 3 is 0.803 bits per heavy atom. The fourth-order valence-electron chi connectivity index (χ4n) is 9.35. The minimum Gasteiger partial charge on any atom is -0.462 e. The first-order valence-electron chi connectivity index (χ1n) is 31.5. The van der Waals surface area contributed by atoms with Crippen molar-refractivity contribution in [3.63, 3.8) is 0 Å². The lowest BCUT2D eigenvalue weighted by molar-refractivity contribution is -0.167. The van der Waals surface area contributed by atoms with E-state index in [9.17, 15) is 14.4 Å². The molecular weight excluding hydrogens is 877 g/mol. The molecule has 1 atom stereocenters. The molecule has 0 amide bonds. The van der Waals surface area contributed by atoms with Crippen LogP contribution in [0.15, 0.2) is 36.5 Å². The number of hydrogen-bond acceptors (Lipinski definition) is 6. The molecule has 0 fully saturated rings. The molecule has 0 saturated heterocycles. The minimum absolute atomic E-state index is 0.0717. The molecule has 6 nitrogen and oxygen atoms in total. The van der Waals surface area contributed by atoms with Crippen molar-refractivity contribution < 1.29 is 28.6 Å². The van der Waals surface area contributed by atoms with Crippen LogP contribution in [-0.2, 0) is 28.6 Å². The summed E-state index contributed by atoms with van der Waals surface area (Å²) >= 11 is 0. The Morgan fingerprint density at radius 1 is 0.282 bits per heavy atom. The predicted octanol–water partition coefficient (Wildman–Crippen LogP) is 21.2. The van der Waals surface area contributed by atoms with Gasteiger partial charge in [-0.3, -0.25) is 14.4 Å². The van der Waals surface area contributed by atoms with Gasteiger partial charge in [0.15, 0.2) is 6.10 Å². The second-order valence-electron chi connectivity index (χ2n) is 21.3. The van der Waals surface area contributed by atoms with Gasteiger partial charge in [-0.1, -0.05) is 282 Å². The van der Waals surface area contributed by atoms with E-state index in [1.165, 1.54) is 231 Å². The fraction of sp³-hybridized carbons (Fsp3) is 0.862. The molecule has 0 spiro atoms. The van der Waals surface area contributed by atoms with Crippen molar-refractivity contribution in [2.24, 2.45) is 0 Å². The maximum absolute atomic E-state index is 12.9. The van der Waals surface area contributed by atoms with Gasteiger partial charge in [0.2, 0.25) is 0 Å². The van der Waals surface area contributed by atoms with Crippen LogP contribution >= 0.6 is 0 Å². The van der Waals surface area contributed by atoms with Crippen LogP contribution in [-0.4, -0.2) is 37.2 Å². The Hall–Kier alpha value is -2.37. The predicted molar refractivity (Wildman–Crippen MR) is 307 cm³/mol. The molecule has 0 N–H and O–H groups in total. The van der Waals surface area contributed by atoms with Gasteiger partial charge in [0.1, 0.15) is 13.2 Å². The van der Waals surface area contributed by atoms with Crippen molar-refractivity contribution >= 4 is 17.9 Å². The number of unbranched alkanes of at least 4 members (excludes halogenated alkanes) is 41. The van der Waals surface area contributed by atoms with Crippen molar-refractivity contribution in [1.82, 2.24) is 0 Å². The van der Waals surface area contributed by atoms with E-state index in [4.69, 9.17) is 14.2 Å². The number of carbonyl (C=O) groups excluding carboxylic acids is 3. The summed E-state index contributed by atoms with van der Waals surface area (Å²) in [4.78, 5) is 38.2. The molecule has 6 heteroatoms. The summed E-state index contributed by atoms with van der Waals surface area (Å²) in [5, 5.41) is 0. The molecule has 71 heavy (non-hydrogen) atoms. The van der Waals surface area contributed by atoms with E-state index < -0.39 is 6.10 Å². The maximum atomic E-state index is 12.9. The van der Waals surface area contributed by atoms with E-state index in [1.54, 1.807) is 0 Å². The van der Waals surface area contributed by atoms with Crippen molar-refractivity contribution in [2.45, 2.75) is 348 Å². The normalized spacial score (nSPS) is 12.2. The zero-order valence-electron chi connectivity index (χ0n) is 47.8. The molecule has 0 aliphatic carbocycles. The summed E-state index contributed by atoms with van der Waals surface area (Å²) < 4.78 is 16.9. The Morgan fingerprint density at radius 2 is 0.507 bits per heavy atom. The monoisotopic (exact) mass is 997 g/mol. The molecule has 0 aliphatic heterocycles. The summed E-state index contributed by atoms with van der Waals surface area (Å²) in [6.45, 7) is 6.66. The summed E-state index contributed by atoms with van der Waals surface area (Å²) in [7, 11) is 0. The highest BCUT2D eigenvalue weighted by Gasteiger charge is 2.19. The van der Waals surface area contributed by atoms with Crippen molar-refractivity contribution in [3.05, 3.63) is 36.5 Å². The fourth-order valence-corrected chi connectivity index (χ4v) is 9.35. The molecule has 0 aliphatic rings. The van der Waals surface area contributed by atoms with Gasteiger partial charge in [-0.15, -0.1) is 0 Å². The van der Waals surface area contributed by atoms with Crippen LogP contribution in [0.1, 0.15) is 342 Å². The van der Waals surface area contributed by atoms with Gasteiger partial charge in [0, 0.05) is 19.3 Å². The van der Waals surface area contributed by atoms with E-state index in [2.05, 4.69) is 57.2 Å². The van der Waals surface area contributed by atoms with E-state index in [0.717, 1.165) is 70.6 Å². The first-order valence-corrected chi connectivity index (χ1v) is 31.5. The summed E-state index contributed by atoms with van der Waals surface area (Å²) in [5.74, 6) is -0.860. The first kappa shape index (κ1) is 68.6. The van der Waals surface area contributed by atoms with Gasteiger partial charge in [-0.05, 0) is 77.0 Å². The van der Waals surface area contributed by atoms with Crippen molar-refractivity contribution in [1.29, 1.82) is 0 Å². The van der Waals surface area contributed by atoms with Crippen LogP contribution in [0.4, 0.5) is 0 Å². The van der Waals surface area contributed by atoms with Crippen molar-refractivity contribution in [3.8, 4) is 0 Å². The van der Waals surface area contributed by atoms with Crippen LogP contribution in [0.25, 0.3) is 0 Å². The van der Waals surface area contributed by atoms with Gasteiger partial charge in [0.05, 0.1) is 0 Å². The summed E-state index contributed by atoms with van der Waals surface area (Å²) in [5.41, 5.74) is 0. The number of esters is 3. The number of allylic oxidation sites excluding steroid dienone is 6. The zero-order valence-corrected chi connectivity index (χ0v) is 47.8. The maximum Gasteiger partial charge on any atom is 0.306 e. The molecule has 0 bridgehead atoms. The van der Waals surface area contributed by atoms with Gasteiger partial charge in [0.25, 0.3) is 0 Å². The molecule has 0 heterocycles. The van der Waals surface area contributed by atoms with Gasteiger partial charge < -0.3 is 14.2 Å².